The van der Waals surface area contributed by atoms with Crippen LogP contribution in [-0.2, 0) is 5.41 Å². The van der Waals surface area contributed by atoms with E-state index in [9.17, 15) is 4.39 Å². The van der Waals surface area contributed by atoms with Gasteiger partial charge in [0.25, 0.3) is 0 Å². The molecule has 1 rings (SSSR count). The Kier molecular flexibility index (Phi) is 1.50. The molecular formula is C7H9FNO. The Labute approximate surface area is 59.0 Å². The maximum atomic E-state index is 12.6. The van der Waals surface area contributed by atoms with E-state index in [4.69, 9.17) is 0 Å². The smallest absolute Gasteiger partial charge is 0.196 e. The Morgan fingerprint density at radius 3 is 2.30 bits per heavy atom. The predicted molar refractivity (Wildman–Crippen MR) is 34.0 cm³/mol. The molecule has 55 valence electrons. The minimum absolute atomic E-state index is 0.257. The highest BCUT2D eigenvalue weighted by Gasteiger charge is 2.23. The Balaban J connectivity index is 3.05. The molecular weight excluding hydrogens is 133 g/mol. The zero-order chi connectivity index (χ0) is 7.78. The number of aromatic nitrogens is 1. The maximum absolute atomic E-state index is 12.6. The second-order valence-corrected chi connectivity index (χ2v) is 3.19. The summed E-state index contributed by atoms with van der Waals surface area (Å²) in [6.45, 7) is 5.55. The fraction of sp³-hybridized carbons (Fsp3) is 0.571. The molecule has 0 aliphatic heterocycles. The van der Waals surface area contributed by atoms with E-state index in [0.717, 1.165) is 0 Å². The lowest BCUT2D eigenvalue weighted by molar-refractivity contribution is 0.316. The summed E-state index contributed by atoms with van der Waals surface area (Å²) in [7, 11) is 0. The first kappa shape index (κ1) is 7.25. The van der Waals surface area contributed by atoms with Gasteiger partial charge in [-0.3, -0.25) is 0 Å². The van der Waals surface area contributed by atoms with Crippen molar-refractivity contribution in [3.8, 4) is 0 Å². The summed E-state index contributed by atoms with van der Waals surface area (Å²) in [6.07, 6.45) is 2.09. The Morgan fingerprint density at radius 1 is 1.50 bits per heavy atom. The van der Waals surface area contributed by atoms with Crippen LogP contribution >= 0.6 is 0 Å². The van der Waals surface area contributed by atoms with Gasteiger partial charge in [-0.15, -0.1) is 0 Å². The zero-order valence-corrected chi connectivity index (χ0v) is 6.23. The predicted octanol–water partition coefficient (Wildman–Crippen LogP) is 1.91. The molecule has 0 N–H and O–H groups in total. The third-order valence-corrected chi connectivity index (χ3v) is 1.16. The van der Waals surface area contributed by atoms with Crippen LogP contribution in [0.15, 0.2) is 4.52 Å². The summed E-state index contributed by atoms with van der Waals surface area (Å²) in [4.78, 5) is 0. The van der Waals surface area contributed by atoms with E-state index in [0.29, 0.717) is 0 Å². The number of hydrogen-bond acceptors (Lipinski definition) is 2. The molecule has 0 aromatic carbocycles. The molecule has 0 saturated heterocycles. The van der Waals surface area contributed by atoms with E-state index in [2.05, 4.69) is 15.9 Å². The molecule has 0 spiro atoms. The highest BCUT2D eigenvalue weighted by Crippen LogP contribution is 2.23. The van der Waals surface area contributed by atoms with Crippen LogP contribution in [0, 0.1) is 12.0 Å². The first-order valence-corrected chi connectivity index (χ1v) is 3.05. The van der Waals surface area contributed by atoms with Crippen LogP contribution in [0.5, 0.6) is 0 Å². The molecule has 0 amide bonds. The topological polar surface area (TPSA) is 26.0 Å². The molecule has 1 heterocycles. The monoisotopic (exact) mass is 142 g/mol. The van der Waals surface area contributed by atoms with Crippen molar-refractivity contribution in [2.45, 2.75) is 26.2 Å². The van der Waals surface area contributed by atoms with Crippen LogP contribution in [0.1, 0.15) is 26.5 Å². The number of hydrogen-bond donors (Lipinski definition) is 0. The lowest BCUT2D eigenvalue weighted by atomic mass is 9.93. The fourth-order valence-electron chi connectivity index (χ4n) is 0.666. The summed E-state index contributed by atoms with van der Waals surface area (Å²) in [5, 5.41) is 3.21. The van der Waals surface area contributed by atoms with Crippen molar-refractivity contribution in [2.75, 3.05) is 0 Å². The molecule has 1 aromatic rings. The summed E-state index contributed by atoms with van der Waals surface area (Å²) >= 11 is 0. The average Bonchev–Trinajstić information content (AvgIpc) is 2.11. The third-order valence-electron chi connectivity index (χ3n) is 1.16. The van der Waals surface area contributed by atoms with Crippen LogP contribution in [0.25, 0.3) is 0 Å². The summed E-state index contributed by atoms with van der Waals surface area (Å²) < 4.78 is 17.3. The Hall–Kier alpha value is -0.860. The maximum Gasteiger partial charge on any atom is 0.196 e. The minimum atomic E-state index is -0.493. The fourth-order valence-corrected chi connectivity index (χ4v) is 0.666. The first-order valence-electron chi connectivity index (χ1n) is 3.05. The molecule has 1 aromatic heterocycles. The quantitative estimate of drug-likeness (QED) is 0.553. The van der Waals surface area contributed by atoms with E-state index < -0.39 is 5.82 Å². The molecule has 0 saturated carbocycles. The summed E-state index contributed by atoms with van der Waals surface area (Å²) in [5.74, 6) is -0.236. The van der Waals surface area contributed by atoms with E-state index in [1.165, 1.54) is 0 Å². The van der Waals surface area contributed by atoms with Gasteiger partial charge in [-0.1, -0.05) is 25.9 Å². The molecule has 2 nitrogen and oxygen atoms in total. The van der Waals surface area contributed by atoms with Crippen molar-refractivity contribution in [3.63, 3.8) is 0 Å². The lowest BCUT2D eigenvalue weighted by Crippen LogP contribution is -2.11. The summed E-state index contributed by atoms with van der Waals surface area (Å²) in [6, 6.07) is 0. The number of nitrogens with zero attached hydrogens (tertiary/aromatic N) is 1. The highest BCUT2D eigenvalue weighted by atomic mass is 19.1. The van der Waals surface area contributed by atoms with Gasteiger partial charge in [0.15, 0.2) is 17.8 Å². The van der Waals surface area contributed by atoms with Gasteiger partial charge in [0.2, 0.25) is 0 Å². The van der Waals surface area contributed by atoms with Gasteiger partial charge in [-0.05, 0) is 0 Å². The van der Waals surface area contributed by atoms with Crippen molar-refractivity contribution in [1.82, 2.24) is 5.16 Å². The molecule has 0 bridgehead atoms. The number of rotatable bonds is 0. The van der Waals surface area contributed by atoms with E-state index in [-0.39, 0.29) is 11.2 Å². The average molecular weight is 142 g/mol. The number of halogens is 1. The second kappa shape index (κ2) is 2.08. The SMILES string of the molecule is CC(C)(C)c1on[c]c1F. The van der Waals surface area contributed by atoms with Crippen molar-refractivity contribution < 1.29 is 8.91 Å². The largest absolute Gasteiger partial charge is 0.357 e. The molecule has 0 fully saturated rings. The van der Waals surface area contributed by atoms with E-state index in [1.54, 1.807) is 0 Å². The second-order valence-electron chi connectivity index (χ2n) is 3.19. The van der Waals surface area contributed by atoms with Gasteiger partial charge in [0, 0.05) is 5.41 Å². The molecule has 0 aliphatic rings. The van der Waals surface area contributed by atoms with Gasteiger partial charge in [-0.25, -0.2) is 4.39 Å². The van der Waals surface area contributed by atoms with Gasteiger partial charge < -0.3 is 4.52 Å². The molecule has 1 radical (unpaired) electrons. The van der Waals surface area contributed by atoms with Crippen LogP contribution < -0.4 is 0 Å². The van der Waals surface area contributed by atoms with Gasteiger partial charge in [0.05, 0.1) is 0 Å². The molecule has 0 unspecified atom stereocenters. The van der Waals surface area contributed by atoms with Gasteiger partial charge in [0.1, 0.15) is 0 Å². The van der Waals surface area contributed by atoms with Crippen molar-refractivity contribution in [2.24, 2.45) is 0 Å². The zero-order valence-electron chi connectivity index (χ0n) is 6.23. The highest BCUT2D eigenvalue weighted by molar-refractivity contribution is 5.07. The van der Waals surface area contributed by atoms with Crippen LogP contribution in [0.2, 0.25) is 0 Å². The lowest BCUT2D eigenvalue weighted by Gasteiger charge is -2.12. The Bertz CT molecular complexity index is 224. The van der Waals surface area contributed by atoms with Crippen LogP contribution in [0.4, 0.5) is 4.39 Å². The van der Waals surface area contributed by atoms with Gasteiger partial charge >= 0.3 is 0 Å². The van der Waals surface area contributed by atoms with Crippen molar-refractivity contribution in [1.29, 1.82) is 0 Å². The standard InChI is InChI=1S/C7H9FNO/c1-7(2,3)6-5(8)4-9-10-6/h1-3H3. The first-order chi connectivity index (χ1) is 4.52. The Morgan fingerprint density at radius 2 is 2.10 bits per heavy atom. The van der Waals surface area contributed by atoms with Crippen molar-refractivity contribution >= 4 is 0 Å². The van der Waals surface area contributed by atoms with Gasteiger partial charge in [-0.2, -0.15) is 0 Å². The molecule has 0 atom stereocenters. The molecule has 10 heavy (non-hydrogen) atoms. The van der Waals surface area contributed by atoms with Crippen molar-refractivity contribution in [3.05, 3.63) is 17.8 Å². The third kappa shape index (κ3) is 1.17. The van der Waals surface area contributed by atoms with E-state index in [1.807, 2.05) is 20.8 Å². The molecule has 3 heteroatoms. The van der Waals surface area contributed by atoms with E-state index >= 15 is 0 Å². The normalized spacial score (nSPS) is 12.0. The summed E-state index contributed by atoms with van der Waals surface area (Å²) in [5.41, 5.74) is -0.322. The minimum Gasteiger partial charge on any atom is -0.357 e. The molecule has 0 aliphatic carbocycles. The van der Waals surface area contributed by atoms with Crippen LogP contribution in [-0.4, -0.2) is 5.16 Å². The van der Waals surface area contributed by atoms with Crippen LogP contribution in [0.3, 0.4) is 0 Å².